The largest absolute Gasteiger partial charge is 0.480 e. The zero-order valence-electron chi connectivity index (χ0n) is 11.3. The van der Waals surface area contributed by atoms with Crippen molar-refractivity contribution in [2.24, 2.45) is 0 Å². The molecule has 0 fully saturated rings. The second-order valence-corrected chi connectivity index (χ2v) is 4.49. The summed E-state index contributed by atoms with van der Waals surface area (Å²) in [5.74, 6) is -0.892. The molecule has 2 aromatic rings. The molecule has 0 radical (unpaired) electrons. The molecule has 108 valence electrons. The first kappa shape index (κ1) is 14.6. The summed E-state index contributed by atoms with van der Waals surface area (Å²) < 4.78 is 5.31. The van der Waals surface area contributed by atoms with Crippen molar-refractivity contribution in [3.63, 3.8) is 0 Å². The van der Waals surface area contributed by atoms with Crippen LogP contribution in [0.3, 0.4) is 0 Å². The first-order valence-corrected chi connectivity index (χ1v) is 6.38. The molecule has 0 spiro atoms. The number of nitrogens with one attached hydrogen (secondary N) is 1. The highest BCUT2D eigenvalue weighted by Gasteiger charge is 2.19. The number of benzene rings is 1. The Balaban J connectivity index is 2.17. The van der Waals surface area contributed by atoms with Gasteiger partial charge >= 0.3 is 5.97 Å². The maximum Gasteiger partial charge on any atom is 0.326 e. The van der Waals surface area contributed by atoms with E-state index >= 15 is 0 Å². The van der Waals surface area contributed by atoms with Gasteiger partial charge in [-0.15, -0.1) is 0 Å². The monoisotopic (exact) mass is 285 g/mol. The van der Waals surface area contributed by atoms with Crippen molar-refractivity contribution >= 4 is 11.9 Å². The van der Waals surface area contributed by atoms with Gasteiger partial charge in [-0.25, -0.2) is 4.79 Å². The van der Waals surface area contributed by atoms with E-state index < -0.39 is 17.9 Å². The summed E-state index contributed by atoms with van der Waals surface area (Å²) >= 11 is 0. The Kier molecular flexibility index (Phi) is 4.56. The Morgan fingerprint density at radius 1 is 1.33 bits per heavy atom. The molecule has 0 aliphatic heterocycles. The lowest BCUT2D eigenvalue weighted by atomic mass is 10.0. The number of rotatable bonds is 6. The lowest BCUT2D eigenvalue weighted by molar-refractivity contribution is -0.141. The zero-order valence-corrected chi connectivity index (χ0v) is 11.3. The smallest absolute Gasteiger partial charge is 0.326 e. The van der Waals surface area contributed by atoms with Crippen LogP contribution in [0.2, 0.25) is 0 Å². The van der Waals surface area contributed by atoms with Crippen LogP contribution in [-0.2, 0) is 16.0 Å². The number of carboxylic acids is 1. The molecule has 1 aromatic heterocycles. The maximum absolute atomic E-state index is 11.3. The van der Waals surface area contributed by atoms with E-state index in [-0.39, 0.29) is 6.42 Å². The highest BCUT2D eigenvalue weighted by atomic mass is 16.4. The average molecular weight is 285 g/mol. The highest BCUT2D eigenvalue weighted by molar-refractivity contribution is 5.90. The van der Waals surface area contributed by atoms with Crippen LogP contribution >= 0.6 is 0 Å². The molecular weight excluding hydrogens is 270 g/mol. The van der Waals surface area contributed by atoms with Gasteiger partial charge in [-0.05, 0) is 29.8 Å². The first-order valence-electron chi connectivity index (χ1n) is 6.38. The molecule has 0 aliphatic rings. The second kappa shape index (κ2) is 6.56. The molecule has 1 heterocycles. The summed E-state index contributed by atoms with van der Waals surface area (Å²) in [6.07, 6.45) is 2.81. The van der Waals surface area contributed by atoms with Gasteiger partial charge in [-0.3, -0.25) is 4.79 Å². The second-order valence-electron chi connectivity index (χ2n) is 4.49. The molecule has 21 heavy (non-hydrogen) atoms. The summed E-state index contributed by atoms with van der Waals surface area (Å²) in [5.41, 5.74) is 1.65. The van der Waals surface area contributed by atoms with Crippen LogP contribution < -0.4 is 5.32 Å². The third-order valence-corrected chi connectivity index (χ3v) is 2.97. The Morgan fingerprint density at radius 3 is 2.76 bits per heavy atom. The molecule has 1 atom stereocenters. The van der Waals surface area contributed by atoms with Crippen LogP contribution in [0.25, 0.3) is 11.3 Å². The predicted octanol–water partition coefficient (Wildman–Crippen LogP) is 2.24. The van der Waals surface area contributed by atoms with E-state index in [4.69, 9.17) is 9.52 Å². The molecule has 5 nitrogen and oxygen atoms in total. The highest BCUT2D eigenvalue weighted by Crippen LogP contribution is 2.21. The van der Waals surface area contributed by atoms with Gasteiger partial charge in [0.1, 0.15) is 11.8 Å². The quantitative estimate of drug-likeness (QED) is 0.798. The normalized spacial score (nSPS) is 11.6. The molecule has 2 rings (SSSR count). The molecule has 2 N–H and O–H groups in total. The van der Waals surface area contributed by atoms with Crippen LogP contribution in [0.1, 0.15) is 5.56 Å². The summed E-state index contributed by atoms with van der Waals surface area (Å²) in [6.45, 7) is 3.31. The van der Waals surface area contributed by atoms with Crippen molar-refractivity contribution in [2.75, 3.05) is 0 Å². The fraction of sp³-hybridized carbons (Fsp3) is 0.125. The van der Waals surface area contributed by atoms with Crippen LogP contribution in [0, 0.1) is 0 Å². The third kappa shape index (κ3) is 3.82. The molecule has 0 bridgehead atoms. The summed E-state index contributed by atoms with van der Waals surface area (Å²) in [7, 11) is 0. The first-order chi connectivity index (χ1) is 10.1. The molecule has 0 saturated heterocycles. The maximum atomic E-state index is 11.3. The van der Waals surface area contributed by atoms with Gasteiger partial charge in [0.05, 0.1) is 6.26 Å². The number of aliphatic carboxylic acids is 1. The SMILES string of the molecule is C=CC(=O)N[C@@H](Cc1cccc(-c2ccco2)c1)C(=O)O. The van der Waals surface area contributed by atoms with E-state index in [1.54, 1.807) is 12.3 Å². The number of carbonyl (C=O) groups is 2. The molecule has 0 saturated carbocycles. The Hall–Kier alpha value is -2.82. The predicted molar refractivity (Wildman–Crippen MR) is 77.6 cm³/mol. The Bertz CT molecular complexity index is 646. The van der Waals surface area contributed by atoms with Gasteiger partial charge < -0.3 is 14.8 Å². The van der Waals surface area contributed by atoms with Gasteiger partial charge in [0, 0.05) is 12.0 Å². The Morgan fingerprint density at radius 2 is 2.14 bits per heavy atom. The minimum Gasteiger partial charge on any atom is -0.480 e. The summed E-state index contributed by atoms with van der Waals surface area (Å²) in [5, 5.41) is 11.6. The minimum absolute atomic E-state index is 0.184. The number of carbonyl (C=O) groups excluding carboxylic acids is 1. The van der Waals surface area contributed by atoms with E-state index in [9.17, 15) is 9.59 Å². The lowest BCUT2D eigenvalue weighted by Gasteiger charge is -2.13. The van der Waals surface area contributed by atoms with E-state index in [2.05, 4.69) is 11.9 Å². The standard InChI is InChI=1S/C16H15NO4/c1-2-15(18)17-13(16(19)20)10-11-5-3-6-12(9-11)14-7-4-8-21-14/h2-9,13H,1,10H2,(H,17,18)(H,19,20)/t13-/m0/s1. The van der Waals surface area contributed by atoms with Crippen molar-refractivity contribution < 1.29 is 19.1 Å². The van der Waals surface area contributed by atoms with E-state index in [1.165, 1.54) is 0 Å². The molecule has 1 amide bonds. The van der Waals surface area contributed by atoms with E-state index in [0.717, 1.165) is 17.2 Å². The summed E-state index contributed by atoms with van der Waals surface area (Å²) in [6, 6.07) is 9.96. The van der Waals surface area contributed by atoms with Crippen molar-refractivity contribution in [1.29, 1.82) is 0 Å². The van der Waals surface area contributed by atoms with E-state index in [0.29, 0.717) is 5.76 Å². The zero-order chi connectivity index (χ0) is 15.2. The van der Waals surface area contributed by atoms with Crippen molar-refractivity contribution in [3.05, 3.63) is 60.9 Å². The fourth-order valence-corrected chi connectivity index (χ4v) is 1.96. The van der Waals surface area contributed by atoms with Gasteiger partial charge in [-0.1, -0.05) is 24.8 Å². The van der Waals surface area contributed by atoms with Crippen LogP contribution in [-0.4, -0.2) is 23.0 Å². The van der Waals surface area contributed by atoms with Gasteiger partial charge in [0.15, 0.2) is 0 Å². The minimum atomic E-state index is -1.09. The molecule has 5 heteroatoms. The van der Waals surface area contributed by atoms with Gasteiger partial charge in [0.25, 0.3) is 0 Å². The van der Waals surface area contributed by atoms with Crippen molar-refractivity contribution in [3.8, 4) is 11.3 Å². The van der Waals surface area contributed by atoms with Crippen LogP contribution in [0.15, 0.2) is 59.7 Å². The average Bonchev–Trinajstić information content (AvgIpc) is 3.01. The number of hydrogen-bond donors (Lipinski definition) is 2. The molecule has 0 unspecified atom stereocenters. The molecule has 1 aromatic carbocycles. The third-order valence-electron chi connectivity index (χ3n) is 2.97. The summed E-state index contributed by atoms with van der Waals surface area (Å²) in [4.78, 5) is 22.5. The van der Waals surface area contributed by atoms with Crippen molar-refractivity contribution in [2.45, 2.75) is 12.5 Å². The van der Waals surface area contributed by atoms with Gasteiger partial charge in [-0.2, -0.15) is 0 Å². The number of carboxylic acid groups (broad SMARTS) is 1. The number of furan rings is 1. The van der Waals surface area contributed by atoms with Gasteiger partial charge in [0.2, 0.25) is 5.91 Å². The topological polar surface area (TPSA) is 79.5 Å². The fourth-order valence-electron chi connectivity index (χ4n) is 1.96. The van der Waals surface area contributed by atoms with Crippen LogP contribution in [0.5, 0.6) is 0 Å². The Labute approximate surface area is 121 Å². The lowest BCUT2D eigenvalue weighted by Crippen LogP contribution is -2.41. The number of hydrogen-bond acceptors (Lipinski definition) is 3. The van der Waals surface area contributed by atoms with E-state index in [1.807, 2.05) is 30.3 Å². The number of amides is 1. The van der Waals surface area contributed by atoms with Crippen LogP contribution in [0.4, 0.5) is 0 Å². The van der Waals surface area contributed by atoms with Crippen molar-refractivity contribution in [1.82, 2.24) is 5.32 Å². The molecular formula is C16H15NO4. The molecule has 0 aliphatic carbocycles.